The molecule has 1 aromatic carbocycles. The maximum Gasteiger partial charge on any atom is 0.244 e. The number of anilines is 1. The van der Waals surface area contributed by atoms with Crippen LogP contribution in [0.5, 0.6) is 0 Å². The lowest BCUT2D eigenvalue weighted by molar-refractivity contribution is -0.914. The molecule has 4 N–H and O–H groups in total. The van der Waals surface area contributed by atoms with Gasteiger partial charge in [-0.25, -0.2) is 0 Å². The molecule has 0 spiro atoms. The van der Waals surface area contributed by atoms with Crippen LogP contribution in [0.25, 0.3) is 0 Å². The normalized spacial score (nSPS) is 22.6. The van der Waals surface area contributed by atoms with Gasteiger partial charge < -0.3 is 15.0 Å². The van der Waals surface area contributed by atoms with Crippen molar-refractivity contribution in [2.45, 2.75) is 46.3 Å². The summed E-state index contributed by atoms with van der Waals surface area (Å²) in [4.78, 5) is 13.4. The number of carbonyl (C=O) groups is 1. The zero-order valence-electron chi connectivity index (χ0n) is 15.7. The molecule has 0 aromatic heterocycles. The number of hydrogen-bond acceptors (Lipinski definition) is 3. The molecule has 1 fully saturated rings. The lowest BCUT2D eigenvalue weighted by Crippen LogP contribution is -3.15. The molecule has 26 heavy (non-hydrogen) atoms. The van der Waals surface area contributed by atoms with Crippen molar-refractivity contribution in [3.8, 4) is 0 Å². The van der Waals surface area contributed by atoms with Crippen molar-refractivity contribution in [2.24, 2.45) is 0 Å². The van der Waals surface area contributed by atoms with Crippen molar-refractivity contribution < 1.29 is 14.4 Å². The van der Waals surface area contributed by atoms with E-state index >= 15 is 0 Å². The predicted octanol–water partition coefficient (Wildman–Crippen LogP) is 1.36. The highest BCUT2D eigenvalue weighted by molar-refractivity contribution is 7.80. The Morgan fingerprint density at radius 1 is 1.27 bits per heavy atom. The van der Waals surface area contributed by atoms with Gasteiger partial charge in [0.2, 0.25) is 5.91 Å². The fraction of sp³-hybridized carbons (Fsp3) is 0.556. The molecule has 1 unspecified atom stereocenters. The highest BCUT2D eigenvalue weighted by Crippen LogP contribution is 2.27. The molecular weight excluding hydrogens is 372 g/mol. The van der Waals surface area contributed by atoms with E-state index in [0.29, 0.717) is 16.6 Å². The van der Waals surface area contributed by atoms with Gasteiger partial charge in [0.1, 0.15) is 25.3 Å². The highest BCUT2D eigenvalue weighted by Gasteiger charge is 2.25. The summed E-state index contributed by atoms with van der Waals surface area (Å²) in [5.74, 6) is -0.0971. The van der Waals surface area contributed by atoms with Crippen molar-refractivity contribution in [1.29, 1.82) is 0 Å². The van der Waals surface area contributed by atoms with E-state index in [1.54, 1.807) is 0 Å². The van der Waals surface area contributed by atoms with Gasteiger partial charge in [0, 0.05) is 0 Å². The lowest BCUT2D eigenvalue weighted by Gasteiger charge is -2.32. The van der Waals surface area contributed by atoms with Crippen molar-refractivity contribution >= 4 is 40.5 Å². The minimum Gasteiger partial charge on any atom is -0.364 e. The number of morpholine rings is 1. The molecule has 1 aliphatic rings. The van der Waals surface area contributed by atoms with E-state index in [1.807, 2.05) is 26.0 Å². The number of carbonyl (C=O) groups excluding carboxylic acids is 1. The number of thiocarbonyl (C=S) groups is 1. The Balaban J connectivity index is 1.74. The predicted molar refractivity (Wildman–Crippen MR) is 109 cm³/mol. The standard InChI is InChI=1S/C18H27ClN4O2S/c1-11-7-12(2)17(15(19)8-11)20-18(26)22-21-16(24)5-6-23-9-13(3)25-14(4)10-23/h7-8,13-14H,5-6,9-10H2,1-4H3,(H,21,24)(H2,20,22,26)/p+1/t13-,14+. The Kier molecular flexibility index (Phi) is 7.64. The summed E-state index contributed by atoms with van der Waals surface area (Å²) in [7, 11) is 0. The Hall–Kier alpha value is -1.41. The van der Waals surface area contributed by atoms with Crippen LogP contribution in [0.1, 0.15) is 31.4 Å². The smallest absolute Gasteiger partial charge is 0.244 e. The van der Waals surface area contributed by atoms with E-state index in [4.69, 9.17) is 28.6 Å². The number of hydrazine groups is 1. The molecule has 6 nitrogen and oxygen atoms in total. The molecule has 1 heterocycles. The van der Waals surface area contributed by atoms with Crippen LogP contribution in [-0.2, 0) is 9.53 Å². The van der Waals surface area contributed by atoms with Gasteiger partial charge in [-0.15, -0.1) is 0 Å². The summed E-state index contributed by atoms with van der Waals surface area (Å²) >= 11 is 11.5. The van der Waals surface area contributed by atoms with Crippen LogP contribution >= 0.6 is 23.8 Å². The number of aryl methyl sites for hydroxylation is 2. The topological polar surface area (TPSA) is 66.8 Å². The molecule has 1 amide bonds. The van der Waals surface area contributed by atoms with Crippen molar-refractivity contribution in [1.82, 2.24) is 10.9 Å². The third kappa shape index (κ3) is 6.39. The summed E-state index contributed by atoms with van der Waals surface area (Å²) in [6, 6.07) is 3.88. The minimum absolute atomic E-state index is 0.0971. The van der Waals surface area contributed by atoms with E-state index < -0.39 is 0 Å². The molecule has 0 saturated carbocycles. The van der Waals surface area contributed by atoms with Crippen LogP contribution < -0.4 is 21.1 Å². The van der Waals surface area contributed by atoms with Crippen LogP contribution in [0.4, 0.5) is 5.69 Å². The van der Waals surface area contributed by atoms with Gasteiger partial charge in [-0.2, -0.15) is 0 Å². The fourth-order valence-corrected chi connectivity index (χ4v) is 3.81. The first-order valence-electron chi connectivity index (χ1n) is 8.86. The molecule has 0 bridgehead atoms. The van der Waals surface area contributed by atoms with Gasteiger partial charge in [0.15, 0.2) is 5.11 Å². The highest BCUT2D eigenvalue weighted by atomic mass is 35.5. The maximum atomic E-state index is 12.1. The lowest BCUT2D eigenvalue weighted by atomic mass is 10.1. The van der Waals surface area contributed by atoms with Gasteiger partial charge in [0.25, 0.3) is 0 Å². The van der Waals surface area contributed by atoms with Gasteiger partial charge in [-0.1, -0.05) is 17.7 Å². The zero-order valence-corrected chi connectivity index (χ0v) is 17.3. The SMILES string of the molecule is Cc1cc(C)c(NC(=S)NNC(=O)CC[NH+]2C[C@@H](C)O[C@@H](C)C2)c(Cl)c1. The van der Waals surface area contributed by atoms with E-state index in [1.165, 1.54) is 4.90 Å². The number of quaternary nitrogens is 1. The first kappa shape index (κ1) is 20.9. The Morgan fingerprint density at radius 3 is 2.54 bits per heavy atom. The quantitative estimate of drug-likeness (QED) is 0.454. The van der Waals surface area contributed by atoms with Crippen LogP contribution in [0.2, 0.25) is 5.02 Å². The summed E-state index contributed by atoms with van der Waals surface area (Å²) in [6.07, 6.45) is 0.887. The molecular formula is C18H28ClN4O2S+. The number of hydrogen-bond donors (Lipinski definition) is 4. The monoisotopic (exact) mass is 399 g/mol. The van der Waals surface area contributed by atoms with Crippen LogP contribution in [-0.4, -0.2) is 42.9 Å². The van der Waals surface area contributed by atoms with Crippen molar-refractivity contribution in [3.05, 3.63) is 28.3 Å². The van der Waals surface area contributed by atoms with E-state index in [9.17, 15) is 4.79 Å². The number of halogens is 1. The summed E-state index contributed by atoms with van der Waals surface area (Å²) in [5.41, 5.74) is 8.18. The third-order valence-corrected chi connectivity index (χ3v) is 4.81. The van der Waals surface area contributed by atoms with Gasteiger partial charge in [0.05, 0.1) is 23.7 Å². The molecule has 8 heteroatoms. The van der Waals surface area contributed by atoms with E-state index in [2.05, 4.69) is 30.0 Å². The number of nitrogens with one attached hydrogen (secondary N) is 4. The van der Waals surface area contributed by atoms with Gasteiger partial charge in [-0.05, 0) is 57.1 Å². The minimum atomic E-state index is -0.0971. The second-order valence-corrected chi connectivity index (χ2v) is 7.80. The largest absolute Gasteiger partial charge is 0.364 e. The number of benzene rings is 1. The molecule has 1 saturated heterocycles. The van der Waals surface area contributed by atoms with Gasteiger partial charge >= 0.3 is 0 Å². The van der Waals surface area contributed by atoms with E-state index in [0.717, 1.165) is 36.4 Å². The average molecular weight is 400 g/mol. The van der Waals surface area contributed by atoms with Crippen LogP contribution in [0.3, 0.4) is 0 Å². The fourth-order valence-electron chi connectivity index (χ4n) is 3.29. The summed E-state index contributed by atoms with van der Waals surface area (Å²) in [6.45, 7) is 10.7. The Morgan fingerprint density at radius 2 is 1.92 bits per heavy atom. The van der Waals surface area contributed by atoms with Crippen LogP contribution in [0, 0.1) is 13.8 Å². The Labute approximate surface area is 165 Å². The summed E-state index contributed by atoms with van der Waals surface area (Å²) < 4.78 is 5.72. The molecule has 3 atom stereocenters. The second-order valence-electron chi connectivity index (χ2n) is 6.98. The van der Waals surface area contributed by atoms with Gasteiger partial charge in [-0.3, -0.25) is 15.6 Å². The summed E-state index contributed by atoms with van der Waals surface area (Å²) in [5, 5.41) is 3.92. The second kappa shape index (κ2) is 9.50. The number of amides is 1. The number of rotatable bonds is 4. The number of ether oxygens (including phenoxy) is 1. The maximum absolute atomic E-state index is 12.1. The third-order valence-electron chi connectivity index (χ3n) is 4.31. The van der Waals surface area contributed by atoms with E-state index in [-0.39, 0.29) is 18.1 Å². The average Bonchev–Trinajstić information content (AvgIpc) is 2.53. The first-order chi connectivity index (χ1) is 12.2. The Bertz CT molecular complexity index is 638. The molecule has 2 rings (SSSR count). The molecule has 1 aromatic rings. The van der Waals surface area contributed by atoms with Crippen molar-refractivity contribution in [2.75, 3.05) is 25.0 Å². The molecule has 144 valence electrons. The molecule has 0 radical (unpaired) electrons. The zero-order chi connectivity index (χ0) is 19.3. The van der Waals surface area contributed by atoms with Crippen LogP contribution in [0.15, 0.2) is 12.1 Å². The molecule has 0 aliphatic carbocycles. The van der Waals surface area contributed by atoms with Crippen molar-refractivity contribution in [3.63, 3.8) is 0 Å². The molecule has 1 aliphatic heterocycles. The first-order valence-corrected chi connectivity index (χ1v) is 9.64.